The Morgan fingerprint density at radius 2 is 0.571 bits per heavy atom. The standard InChI is InChI=1S/C63H75NS6/c1-4-7-10-13-16-19-22-25-49-43-65-58-40-55(68-61(49)58)46-28-34-52(35-29-46)64(53-36-30-47(31-37-53)56-41-59-62(69-56)50(44-66-59)26-23-20-17-14-11-8-5-2)54-38-32-48(33-39-54)57-42-60-63(70-57)51(45-67-60)27-24-21-18-15-12-9-6-3/h28-45H,4-27H2,1-3H3. The summed E-state index contributed by atoms with van der Waals surface area (Å²) in [6.07, 6.45) is 32.2. The third-order valence-electron chi connectivity index (χ3n) is 14.3. The van der Waals surface area contributed by atoms with Gasteiger partial charge in [-0.25, -0.2) is 0 Å². The molecule has 0 saturated heterocycles. The maximum atomic E-state index is 2.45. The Kier molecular flexibility index (Phi) is 19.4. The molecule has 0 bridgehead atoms. The fourth-order valence-electron chi connectivity index (χ4n) is 10.2. The van der Waals surface area contributed by atoms with E-state index in [-0.39, 0.29) is 0 Å². The van der Waals surface area contributed by atoms with E-state index in [2.05, 4.69) is 133 Å². The van der Waals surface area contributed by atoms with Gasteiger partial charge in [-0.1, -0.05) is 173 Å². The summed E-state index contributed by atoms with van der Waals surface area (Å²) in [5.74, 6) is 0. The molecule has 0 amide bonds. The summed E-state index contributed by atoms with van der Waals surface area (Å²) in [7, 11) is 0. The summed E-state index contributed by atoms with van der Waals surface area (Å²) in [6, 6.07) is 35.4. The second-order valence-corrected chi connectivity index (χ2v) is 25.7. The summed E-state index contributed by atoms with van der Waals surface area (Å²) >= 11 is 11.7. The molecule has 70 heavy (non-hydrogen) atoms. The number of anilines is 3. The number of benzene rings is 3. The zero-order chi connectivity index (χ0) is 47.9. The number of unbranched alkanes of at least 4 members (excludes halogenated alkanes) is 18. The normalized spacial score (nSPS) is 11.9. The minimum atomic E-state index is 1.18. The molecule has 0 fully saturated rings. The molecule has 0 N–H and O–H groups in total. The van der Waals surface area contributed by atoms with E-state index in [0.29, 0.717) is 0 Å². The maximum absolute atomic E-state index is 2.45. The molecule has 0 aliphatic rings. The summed E-state index contributed by atoms with van der Waals surface area (Å²) in [4.78, 5) is 6.57. The first-order valence-corrected chi connectivity index (χ1v) is 32.3. The lowest BCUT2D eigenvalue weighted by atomic mass is 10.1. The molecular formula is C63H75NS6. The van der Waals surface area contributed by atoms with Crippen molar-refractivity contribution in [3.05, 3.63) is 124 Å². The molecule has 0 saturated carbocycles. The van der Waals surface area contributed by atoms with Crippen LogP contribution >= 0.6 is 68.0 Å². The van der Waals surface area contributed by atoms with Crippen molar-refractivity contribution in [2.75, 3.05) is 4.90 Å². The van der Waals surface area contributed by atoms with E-state index in [1.54, 1.807) is 16.7 Å². The molecule has 6 heterocycles. The Bertz CT molecular complexity index is 2610. The van der Waals surface area contributed by atoms with Crippen LogP contribution in [0.25, 0.3) is 59.5 Å². The van der Waals surface area contributed by atoms with Gasteiger partial charge in [0, 0.05) is 59.9 Å². The third kappa shape index (κ3) is 13.1. The first-order valence-electron chi connectivity index (χ1n) is 27.2. The number of rotatable bonds is 30. The number of nitrogens with zero attached hydrogens (tertiary/aromatic N) is 1. The van der Waals surface area contributed by atoms with Gasteiger partial charge in [-0.15, -0.1) is 68.0 Å². The van der Waals surface area contributed by atoms with Gasteiger partial charge < -0.3 is 4.90 Å². The van der Waals surface area contributed by atoms with E-state index in [1.165, 1.54) is 231 Å². The van der Waals surface area contributed by atoms with E-state index >= 15 is 0 Å². The van der Waals surface area contributed by atoms with Gasteiger partial charge >= 0.3 is 0 Å². The first kappa shape index (κ1) is 51.3. The fraction of sp³-hybridized carbons (Fsp3) is 0.429. The molecule has 6 aromatic heterocycles. The average Bonchev–Trinajstić information content (AvgIpc) is 4.26. The van der Waals surface area contributed by atoms with Crippen molar-refractivity contribution in [2.45, 2.75) is 175 Å². The molecule has 0 unspecified atom stereocenters. The zero-order valence-corrected chi connectivity index (χ0v) is 47.2. The van der Waals surface area contributed by atoms with Crippen molar-refractivity contribution in [1.82, 2.24) is 0 Å². The highest BCUT2D eigenvalue weighted by atomic mass is 32.1. The van der Waals surface area contributed by atoms with Crippen LogP contribution in [0.1, 0.15) is 172 Å². The molecule has 0 aliphatic carbocycles. The van der Waals surface area contributed by atoms with Crippen LogP contribution in [0.3, 0.4) is 0 Å². The fourth-order valence-corrected chi connectivity index (χ4v) is 17.5. The first-order chi connectivity index (χ1) is 34.6. The van der Waals surface area contributed by atoms with Gasteiger partial charge in [0.1, 0.15) is 0 Å². The van der Waals surface area contributed by atoms with Gasteiger partial charge in [0.05, 0.1) is 0 Å². The molecule has 1 nitrogen and oxygen atoms in total. The Morgan fingerprint density at radius 3 is 0.843 bits per heavy atom. The van der Waals surface area contributed by atoms with Gasteiger partial charge in [-0.05, 0) is 143 Å². The second-order valence-electron chi connectivity index (χ2n) is 19.8. The Morgan fingerprint density at radius 1 is 0.314 bits per heavy atom. The van der Waals surface area contributed by atoms with Gasteiger partial charge in [0.2, 0.25) is 0 Å². The molecular weight excluding hydrogens is 963 g/mol. The van der Waals surface area contributed by atoms with Gasteiger partial charge in [-0.3, -0.25) is 0 Å². The largest absolute Gasteiger partial charge is 0.311 e. The second kappa shape index (κ2) is 26.4. The topological polar surface area (TPSA) is 3.24 Å². The van der Waals surface area contributed by atoms with Gasteiger partial charge in [0.15, 0.2) is 0 Å². The van der Waals surface area contributed by atoms with Crippen molar-refractivity contribution >= 4 is 113 Å². The van der Waals surface area contributed by atoms with Crippen LogP contribution in [0, 0.1) is 0 Å². The summed E-state index contributed by atoms with van der Waals surface area (Å²) in [5, 5.41) is 7.27. The van der Waals surface area contributed by atoms with Crippen molar-refractivity contribution in [1.29, 1.82) is 0 Å². The van der Waals surface area contributed by atoms with Crippen LogP contribution in [-0.4, -0.2) is 0 Å². The Balaban J connectivity index is 0.927. The molecule has 9 rings (SSSR count). The Labute approximate surface area is 444 Å². The molecule has 0 atom stereocenters. The molecule has 9 aromatic rings. The molecule has 368 valence electrons. The Hall–Kier alpha value is -3.56. The third-order valence-corrected chi connectivity index (χ3v) is 21.4. The predicted octanol–water partition coefficient (Wildman–Crippen LogP) is 23.9. The summed E-state index contributed by atoms with van der Waals surface area (Å²) < 4.78 is 8.82. The van der Waals surface area contributed by atoms with Crippen LogP contribution in [0.4, 0.5) is 17.1 Å². The van der Waals surface area contributed by atoms with Crippen molar-refractivity contribution < 1.29 is 0 Å². The van der Waals surface area contributed by atoms with Crippen molar-refractivity contribution in [2.24, 2.45) is 0 Å². The summed E-state index contributed by atoms with van der Waals surface area (Å²) in [6.45, 7) is 6.91. The van der Waals surface area contributed by atoms with Crippen molar-refractivity contribution in [3.8, 4) is 31.3 Å². The maximum Gasteiger partial charge on any atom is 0.0489 e. The number of fused-ring (bicyclic) bond motifs is 3. The van der Waals surface area contributed by atoms with E-state index in [0.717, 1.165) is 0 Å². The molecule has 0 radical (unpaired) electrons. The van der Waals surface area contributed by atoms with Crippen LogP contribution in [0.2, 0.25) is 0 Å². The molecule has 7 heteroatoms. The van der Waals surface area contributed by atoms with Gasteiger partial charge in [-0.2, -0.15) is 0 Å². The highest BCUT2D eigenvalue weighted by molar-refractivity contribution is 7.30. The quantitative estimate of drug-likeness (QED) is 0.0406. The molecule has 0 aliphatic heterocycles. The SMILES string of the molecule is CCCCCCCCCc1csc2cc(-c3ccc(N(c4ccc(-c5cc6scc(CCCCCCCCC)c6s5)cc4)c4ccc(-c5cc6scc(CCCCCCCCC)c6s5)cc4)cc3)sc12. The number of hydrogen-bond donors (Lipinski definition) is 0. The summed E-state index contributed by atoms with van der Waals surface area (Å²) in [5.41, 5.74) is 12.1. The van der Waals surface area contributed by atoms with Gasteiger partial charge in [0.25, 0.3) is 0 Å². The molecule has 3 aromatic carbocycles. The highest BCUT2D eigenvalue weighted by Gasteiger charge is 2.18. The minimum absolute atomic E-state index is 1.18. The monoisotopic (exact) mass is 1040 g/mol. The smallest absolute Gasteiger partial charge is 0.0489 e. The van der Waals surface area contributed by atoms with Crippen LogP contribution in [0.15, 0.2) is 107 Å². The highest BCUT2D eigenvalue weighted by Crippen LogP contribution is 2.45. The van der Waals surface area contributed by atoms with E-state index < -0.39 is 0 Å². The zero-order valence-electron chi connectivity index (χ0n) is 42.3. The number of hydrogen-bond acceptors (Lipinski definition) is 7. The van der Waals surface area contributed by atoms with Crippen LogP contribution in [-0.2, 0) is 19.3 Å². The number of thiophene rings is 6. The predicted molar refractivity (Wildman–Crippen MR) is 322 cm³/mol. The average molecular weight is 1040 g/mol. The minimum Gasteiger partial charge on any atom is -0.311 e. The lowest BCUT2D eigenvalue weighted by Crippen LogP contribution is -2.09. The van der Waals surface area contributed by atoms with E-state index in [1.807, 2.05) is 68.0 Å². The lowest BCUT2D eigenvalue weighted by molar-refractivity contribution is 0.590. The molecule has 0 spiro atoms. The van der Waals surface area contributed by atoms with Crippen LogP contribution < -0.4 is 4.90 Å². The van der Waals surface area contributed by atoms with E-state index in [9.17, 15) is 0 Å². The van der Waals surface area contributed by atoms with Crippen LogP contribution in [0.5, 0.6) is 0 Å². The van der Waals surface area contributed by atoms with Crippen molar-refractivity contribution in [3.63, 3.8) is 0 Å². The van der Waals surface area contributed by atoms with E-state index in [4.69, 9.17) is 0 Å². The number of aryl methyl sites for hydroxylation is 3. The lowest BCUT2D eigenvalue weighted by Gasteiger charge is -2.26.